The van der Waals surface area contributed by atoms with E-state index in [9.17, 15) is 4.79 Å². The Balaban J connectivity index is 3.33. The molecule has 0 heterocycles. The van der Waals surface area contributed by atoms with Gasteiger partial charge in [-0.25, -0.2) is 0 Å². The van der Waals surface area contributed by atoms with Crippen molar-refractivity contribution in [1.29, 1.82) is 0 Å². The standard InChI is InChI=1S/C5H8ClO2/c1-3-8-5(7)4(2)6/h4H,1,3H2,2H3. The van der Waals surface area contributed by atoms with Gasteiger partial charge >= 0.3 is 5.97 Å². The summed E-state index contributed by atoms with van der Waals surface area (Å²) in [5.41, 5.74) is 0. The minimum atomic E-state index is -0.559. The Morgan fingerprint density at radius 3 is 2.62 bits per heavy atom. The van der Waals surface area contributed by atoms with Crippen molar-refractivity contribution >= 4 is 17.6 Å². The number of esters is 1. The number of hydrogen-bond acceptors (Lipinski definition) is 2. The molecule has 1 unspecified atom stereocenters. The van der Waals surface area contributed by atoms with E-state index in [0.717, 1.165) is 0 Å². The van der Waals surface area contributed by atoms with Gasteiger partial charge in [-0.2, -0.15) is 0 Å². The van der Waals surface area contributed by atoms with Gasteiger partial charge in [0.2, 0.25) is 0 Å². The summed E-state index contributed by atoms with van der Waals surface area (Å²) in [5.74, 6) is -0.415. The fourth-order valence-corrected chi connectivity index (χ4v) is 0.278. The smallest absolute Gasteiger partial charge is 0.323 e. The molecule has 0 aromatic heterocycles. The van der Waals surface area contributed by atoms with Gasteiger partial charge in [0.25, 0.3) is 0 Å². The summed E-state index contributed by atoms with van der Waals surface area (Å²) in [7, 11) is 0. The molecule has 1 radical (unpaired) electrons. The van der Waals surface area contributed by atoms with Crippen LogP contribution in [0.4, 0.5) is 0 Å². The highest BCUT2D eigenvalue weighted by atomic mass is 35.5. The van der Waals surface area contributed by atoms with Crippen LogP contribution < -0.4 is 0 Å². The van der Waals surface area contributed by atoms with Crippen molar-refractivity contribution in [1.82, 2.24) is 0 Å². The molecular weight excluding hydrogens is 128 g/mol. The van der Waals surface area contributed by atoms with E-state index in [0.29, 0.717) is 0 Å². The largest absolute Gasteiger partial charge is 0.465 e. The zero-order valence-corrected chi connectivity index (χ0v) is 5.44. The third-order valence-corrected chi connectivity index (χ3v) is 0.747. The molecule has 2 nitrogen and oxygen atoms in total. The number of rotatable bonds is 2. The molecule has 0 N–H and O–H groups in total. The summed E-state index contributed by atoms with van der Waals surface area (Å²) in [6, 6.07) is 0. The summed E-state index contributed by atoms with van der Waals surface area (Å²) >= 11 is 5.30. The van der Waals surface area contributed by atoms with E-state index in [1.807, 2.05) is 0 Å². The molecule has 8 heavy (non-hydrogen) atoms. The molecule has 0 aromatic carbocycles. The van der Waals surface area contributed by atoms with Crippen LogP contribution in [-0.4, -0.2) is 18.0 Å². The van der Waals surface area contributed by atoms with Gasteiger partial charge in [0, 0.05) is 0 Å². The zero-order valence-electron chi connectivity index (χ0n) is 4.69. The molecule has 0 rings (SSSR count). The highest BCUT2D eigenvalue weighted by molar-refractivity contribution is 6.29. The third kappa shape index (κ3) is 2.86. The van der Waals surface area contributed by atoms with Gasteiger partial charge in [-0.1, -0.05) is 0 Å². The highest BCUT2D eigenvalue weighted by Crippen LogP contribution is 1.95. The van der Waals surface area contributed by atoms with Crippen LogP contribution in [0.5, 0.6) is 0 Å². The van der Waals surface area contributed by atoms with E-state index in [1.165, 1.54) is 0 Å². The van der Waals surface area contributed by atoms with Gasteiger partial charge < -0.3 is 4.74 Å². The number of carbonyl (C=O) groups is 1. The van der Waals surface area contributed by atoms with Gasteiger partial charge in [0.05, 0.1) is 6.61 Å². The Morgan fingerprint density at radius 2 is 2.50 bits per heavy atom. The lowest BCUT2D eigenvalue weighted by Crippen LogP contribution is -2.13. The molecule has 0 aromatic rings. The molecule has 3 heteroatoms. The molecule has 0 aliphatic heterocycles. The quantitative estimate of drug-likeness (QED) is 0.417. The van der Waals surface area contributed by atoms with Crippen LogP contribution in [0.3, 0.4) is 0 Å². The van der Waals surface area contributed by atoms with Crippen molar-refractivity contribution in [2.24, 2.45) is 0 Å². The second-order valence-corrected chi connectivity index (χ2v) is 1.94. The Kier molecular flexibility index (Phi) is 3.61. The second kappa shape index (κ2) is 3.72. The lowest BCUT2D eigenvalue weighted by Gasteiger charge is -2.00. The monoisotopic (exact) mass is 135 g/mol. The average molecular weight is 136 g/mol. The molecule has 47 valence electrons. The Morgan fingerprint density at radius 1 is 2.00 bits per heavy atom. The lowest BCUT2D eigenvalue weighted by atomic mass is 10.5. The van der Waals surface area contributed by atoms with Gasteiger partial charge in [-0.15, -0.1) is 11.6 Å². The van der Waals surface area contributed by atoms with E-state index in [1.54, 1.807) is 6.92 Å². The average Bonchev–Trinajstić information content (AvgIpc) is 1.67. The van der Waals surface area contributed by atoms with Crippen molar-refractivity contribution in [2.75, 3.05) is 6.61 Å². The van der Waals surface area contributed by atoms with Gasteiger partial charge in [0.1, 0.15) is 5.38 Å². The summed E-state index contributed by atoms with van der Waals surface area (Å²) in [5, 5.41) is -0.559. The maximum Gasteiger partial charge on any atom is 0.323 e. The van der Waals surface area contributed by atoms with Crippen LogP contribution in [0.25, 0.3) is 0 Å². The minimum absolute atomic E-state index is 0.149. The Labute approximate surface area is 53.8 Å². The summed E-state index contributed by atoms with van der Waals surface area (Å²) in [6.07, 6.45) is 0. The van der Waals surface area contributed by atoms with Crippen LogP contribution in [0.15, 0.2) is 0 Å². The number of hydrogen-bond donors (Lipinski definition) is 0. The highest BCUT2D eigenvalue weighted by Gasteiger charge is 2.07. The molecule has 1 atom stereocenters. The van der Waals surface area contributed by atoms with Crippen molar-refractivity contribution in [3.05, 3.63) is 6.92 Å². The van der Waals surface area contributed by atoms with Gasteiger partial charge in [0.15, 0.2) is 0 Å². The fourth-order valence-electron chi connectivity index (χ4n) is 0.215. The van der Waals surface area contributed by atoms with Crippen molar-refractivity contribution in [2.45, 2.75) is 12.3 Å². The van der Waals surface area contributed by atoms with Crippen LogP contribution in [0, 0.1) is 6.92 Å². The van der Waals surface area contributed by atoms with E-state index >= 15 is 0 Å². The summed E-state index contributed by atoms with van der Waals surface area (Å²) in [6.45, 7) is 5.01. The third-order valence-electron chi connectivity index (χ3n) is 0.569. The van der Waals surface area contributed by atoms with Crippen molar-refractivity contribution in [3.8, 4) is 0 Å². The van der Waals surface area contributed by atoms with E-state index in [2.05, 4.69) is 11.7 Å². The molecule has 0 amide bonds. The SMILES string of the molecule is [CH2]COC(=O)C(C)Cl. The molecule has 0 aliphatic rings. The maximum atomic E-state index is 10.3. The molecule has 0 saturated carbocycles. The van der Waals surface area contributed by atoms with E-state index in [4.69, 9.17) is 11.6 Å². The Bertz CT molecular complexity index is 80.5. The first kappa shape index (κ1) is 7.76. The first-order chi connectivity index (χ1) is 3.68. The zero-order chi connectivity index (χ0) is 6.57. The molecule has 0 saturated heterocycles. The fraction of sp³-hybridized carbons (Fsp3) is 0.600. The van der Waals surface area contributed by atoms with E-state index in [-0.39, 0.29) is 6.61 Å². The van der Waals surface area contributed by atoms with Crippen LogP contribution in [0.1, 0.15) is 6.92 Å². The minimum Gasteiger partial charge on any atom is -0.465 e. The van der Waals surface area contributed by atoms with Crippen molar-refractivity contribution < 1.29 is 9.53 Å². The molecule has 0 aliphatic carbocycles. The van der Waals surface area contributed by atoms with Crippen LogP contribution in [-0.2, 0) is 9.53 Å². The molecule has 0 bridgehead atoms. The maximum absolute atomic E-state index is 10.3. The first-order valence-corrected chi connectivity index (χ1v) is 2.72. The van der Waals surface area contributed by atoms with Gasteiger partial charge in [-0.05, 0) is 13.8 Å². The lowest BCUT2D eigenvalue weighted by molar-refractivity contribution is -0.141. The number of halogens is 1. The summed E-state index contributed by atoms with van der Waals surface area (Å²) < 4.78 is 4.42. The second-order valence-electron chi connectivity index (χ2n) is 1.28. The summed E-state index contributed by atoms with van der Waals surface area (Å²) in [4.78, 5) is 10.3. The van der Waals surface area contributed by atoms with E-state index < -0.39 is 11.3 Å². The molecule has 0 spiro atoms. The number of ether oxygens (including phenoxy) is 1. The van der Waals surface area contributed by atoms with Crippen molar-refractivity contribution in [3.63, 3.8) is 0 Å². The number of carbonyl (C=O) groups excluding carboxylic acids is 1. The predicted octanol–water partition coefficient (Wildman–Crippen LogP) is 0.991. The normalized spacial score (nSPS) is 12.9. The number of alkyl halides is 1. The van der Waals surface area contributed by atoms with Crippen LogP contribution >= 0.6 is 11.6 Å². The molecule has 0 fully saturated rings. The Hall–Kier alpha value is -0.240. The molecular formula is C5H8ClO2. The topological polar surface area (TPSA) is 26.3 Å². The first-order valence-electron chi connectivity index (χ1n) is 2.28. The van der Waals surface area contributed by atoms with Gasteiger partial charge in [-0.3, -0.25) is 4.79 Å². The predicted molar refractivity (Wildman–Crippen MR) is 31.6 cm³/mol. The van der Waals surface area contributed by atoms with Crippen LogP contribution in [0.2, 0.25) is 0 Å².